The van der Waals surface area contributed by atoms with Crippen LogP contribution < -0.4 is 10.6 Å². The summed E-state index contributed by atoms with van der Waals surface area (Å²) < 4.78 is 0. The molecule has 0 heterocycles. The molecule has 0 spiro atoms. The number of benzene rings is 1. The normalized spacial score (nSPS) is 8.83. The van der Waals surface area contributed by atoms with Gasteiger partial charge in [-0.3, -0.25) is 9.59 Å². The molecular weight excluding hydrogens is 360 g/mol. The second-order valence-electron chi connectivity index (χ2n) is 6.20. The Kier molecular flexibility index (Phi) is 28.7. The molecule has 2 amide bonds. The predicted octanol–water partition coefficient (Wildman–Crippen LogP) is 6.70. The van der Waals surface area contributed by atoms with Crippen LogP contribution >= 0.6 is 0 Å². The van der Waals surface area contributed by atoms with Crippen molar-refractivity contribution in [1.29, 1.82) is 0 Å². The third-order valence-electron chi connectivity index (χ3n) is 3.75. The summed E-state index contributed by atoms with van der Waals surface area (Å²) in [5.74, 6) is 0.348. The number of rotatable bonds is 10. The maximum Gasteiger partial charge on any atom is 0.219 e. The van der Waals surface area contributed by atoms with Crippen LogP contribution in [0.3, 0.4) is 0 Å². The predicted molar refractivity (Wildman–Crippen MR) is 133 cm³/mol. The lowest BCUT2D eigenvalue weighted by atomic mass is 10.1. The quantitative estimate of drug-likeness (QED) is 0.420. The Hall–Kier alpha value is -1.84. The fourth-order valence-electron chi connectivity index (χ4n) is 2.31. The van der Waals surface area contributed by atoms with Gasteiger partial charge in [0.25, 0.3) is 0 Å². The zero-order valence-electron chi connectivity index (χ0n) is 20.5. The minimum Gasteiger partial charge on any atom is -0.356 e. The van der Waals surface area contributed by atoms with E-state index in [0.29, 0.717) is 12.8 Å². The second-order valence-corrected chi connectivity index (χ2v) is 6.20. The standard InChI is InChI=1S/C13H19NO.C8H17NO.2C2H6.2H2/c1-3-14-13(15)6-4-5-12-9-7-11(2)8-10-12;1-3-5-6-7-8(10)9-4-2;2*1-2;;/h7-10H,3-6H2,1-2H3,(H,14,15);3-7H2,1-2H3,(H,9,10);2*1-2H3;2*1H. The van der Waals surface area contributed by atoms with Crippen LogP contribution in [0.2, 0.25) is 0 Å². The van der Waals surface area contributed by atoms with Crippen molar-refractivity contribution in [2.45, 2.75) is 100 Å². The van der Waals surface area contributed by atoms with Gasteiger partial charge in [-0.05, 0) is 45.6 Å². The molecule has 0 aliphatic rings. The molecule has 4 heteroatoms. The van der Waals surface area contributed by atoms with Gasteiger partial charge in [0.1, 0.15) is 0 Å². The summed E-state index contributed by atoms with van der Waals surface area (Å²) >= 11 is 0. The molecule has 0 aliphatic heterocycles. The van der Waals surface area contributed by atoms with Gasteiger partial charge in [-0.15, -0.1) is 0 Å². The number of aryl methyl sites for hydroxylation is 2. The smallest absolute Gasteiger partial charge is 0.219 e. The van der Waals surface area contributed by atoms with Crippen molar-refractivity contribution in [3.63, 3.8) is 0 Å². The molecule has 4 nitrogen and oxygen atoms in total. The lowest BCUT2D eigenvalue weighted by molar-refractivity contribution is -0.121. The Balaban J connectivity index is -0.000000124. The first-order chi connectivity index (χ1) is 14.0. The summed E-state index contributed by atoms with van der Waals surface area (Å²) in [7, 11) is 0. The van der Waals surface area contributed by atoms with E-state index in [2.05, 4.69) is 48.7 Å². The number of unbranched alkanes of at least 4 members (excludes halogenated alkanes) is 2. The molecule has 0 aromatic heterocycles. The lowest BCUT2D eigenvalue weighted by Crippen LogP contribution is -2.22. The van der Waals surface area contributed by atoms with Crippen LogP contribution in [-0.2, 0) is 16.0 Å². The molecule has 0 radical (unpaired) electrons. The van der Waals surface area contributed by atoms with E-state index in [9.17, 15) is 9.59 Å². The molecule has 0 aliphatic carbocycles. The zero-order chi connectivity index (χ0) is 22.9. The Morgan fingerprint density at radius 1 is 0.759 bits per heavy atom. The molecule has 0 bridgehead atoms. The molecule has 1 rings (SSSR count). The molecule has 0 fully saturated rings. The Morgan fingerprint density at radius 3 is 1.62 bits per heavy atom. The first kappa shape index (κ1) is 31.8. The topological polar surface area (TPSA) is 58.2 Å². The van der Waals surface area contributed by atoms with Crippen LogP contribution in [0.25, 0.3) is 0 Å². The monoisotopic (exact) mass is 412 g/mol. The van der Waals surface area contributed by atoms with Gasteiger partial charge in [-0.1, -0.05) is 77.3 Å². The SMILES string of the molecule is CC.CC.CCCCCC(=O)NCC.CCNC(=O)CCCc1ccc(C)cc1.[HH].[HH]. The third-order valence-corrected chi connectivity index (χ3v) is 3.75. The van der Waals surface area contributed by atoms with Gasteiger partial charge in [0, 0.05) is 28.8 Å². The lowest BCUT2D eigenvalue weighted by Gasteiger charge is -2.03. The highest BCUT2D eigenvalue weighted by Crippen LogP contribution is 2.07. The Labute approximate surface area is 184 Å². The first-order valence-corrected chi connectivity index (χ1v) is 11.6. The van der Waals surface area contributed by atoms with Crippen molar-refractivity contribution in [3.05, 3.63) is 35.4 Å². The molecule has 0 unspecified atom stereocenters. The summed E-state index contributed by atoms with van der Waals surface area (Å²) in [6.45, 7) is 17.6. The highest BCUT2D eigenvalue weighted by Gasteiger charge is 1.99. The van der Waals surface area contributed by atoms with E-state index in [1.165, 1.54) is 17.5 Å². The summed E-state index contributed by atoms with van der Waals surface area (Å²) in [6, 6.07) is 8.49. The fraction of sp³-hybridized carbons (Fsp3) is 0.680. The van der Waals surface area contributed by atoms with Crippen molar-refractivity contribution in [2.75, 3.05) is 13.1 Å². The van der Waals surface area contributed by atoms with Crippen LogP contribution in [0.1, 0.15) is 101 Å². The summed E-state index contributed by atoms with van der Waals surface area (Å²) in [5, 5.41) is 5.57. The Bertz CT molecular complexity index is 481. The number of amides is 2. The molecule has 1 aromatic rings. The summed E-state index contributed by atoms with van der Waals surface area (Å²) in [6.07, 6.45) is 6.61. The van der Waals surface area contributed by atoms with Gasteiger partial charge in [-0.2, -0.15) is 0 Å². The van der Waals surface area contributed by atoms with Crippen LogP contribution in [0.15, 0.2) is 24.3 Å². The van der Waals surface area contributed by atoms with Gasteiger partial charge in [0.15, 0.2) is 0 Å². The number of carbonyl (C=O) groups excluding carboxylic acids is 2. The number of nitrogens with one attached hydrogen (secondary N) is 2. The van der Waals surface area contributed by atoms with Gasteiger partial charge in [-0.25, -0.2) is 0 Å². The van der Waals surface area contributed by atoms with E-state index in [1.807, 2.05) is 41.5 Å². The fourth-order valence-corrected chi connectivity index (χ4v) is 2.31. The molecule has 29 heavy (non-hydrogen) atoms. The number of hydrogen-bond acceptors (Lipinski definition) is 2. The summed E-state index contributed by atoms with van der Waals surface area (Å²) in [4.78, 5) is 22.0. The molecular formula is C25H52N2O2. The maximum atomic E-state index is 11.2. The first-order valence-electron chi connectivity index (χ1n) is 11.6. The van der Waals surface area contributed by atoms with E-state index in [4.69, 9.17) is 0 Å². The van der Waals surface area contributed by atoms with E-state index in [-0.39, 0.29) is 14.7 Å². The average molecular weight is 413 g/mol. The van der Waals surface area contributed by atoms with Crippen LogP contribution in [0, 0.1) is 6.92 Å². The van der Waals surface area contributed by atoms with Gasteiger partial charge >= 0.3 is 0 Å². The highest BCUT2D eigenvalue weighted by molar-refractivity contribution is 5.76. The van der Waals surface area contributed by atoms with Crippen molar-refractivity contribution in [3.8, 4) is 0 Å². The minimum atomic E-state index is 0. The maximum absolute atomic E-state index is 11.2. The van der Waals surface area contributed by atoms with Crippen LogP contribution in [-0.4, -0.2) is 24.9 Å². The van der Waals surface area contributed by atoms with Crippen LogP contribution in [0.5, 0.6) is 0 Å². The number of carbonyl (C=O) groups is 2. The minimum absolute atomic E-state index is 0. The second kappa shape index (κ2) is 26.2. The molecule has 0 saturated carbocycles. The van der Waals surface area contributed by atoms with Crippen molar-refractivity contribution < 1.29 is 12.4 Å². The molecule has 0 atom stereocenters. The average Bonchev–Trinajstić information content (AvgIpc) is 2.74. The number of hydrogen-bond donors (Lipinski definition) is 2. The summed E-state index contributed by atoms with van der Waals surface area (Å²) in [5.41, 5.74) is 2.59. The van der Waals surface area contributed by atoms with Crippen molar-refractivity contribution in [1.82, 2.24) is 10.6 Å². The largest absolute Gasteiger partial charge is 0.356 e. The van der Waals surface area contributed by atoms with Gasteiger partial charge < -0.3 is 10.6 Å². The van der Waals surface area contributed by atoms with Crippen LogP contribution in [0.4, 0.5) is 0 Å². The van der Waals surface area contributed by atoms with Crippen molar-refractivity contribution >= 4 is 11.8 Å². The zero-order valence-corrected chi connectivity index (χ0v) is 20.5. The Morgan fingerprint density at radius 2 is 1.21 bits per heavy atom. The molecule has 1 aromatic carbocycles. The van der Waals surface area contributed by atoms with Gasteiger partial charge in [0.05, 0.1) is 0 Å². The van der Waals surface area contributed by atoms with E-state index >= 15 is 0 Å². The highest BCUT2D eigenvalue weighted by atomic mass is 16.2. The van der Waals surface area contributed by atoms with E-state index < -0.39 is 0 Å². The third kappa shape index (κ3) is 24.1. The van der Waals surface area contributed by atoms with E-state index in [1.54, 1.807) is 0 Å². The molecule has 174 valence electrons. The molecule has 0 saturated heterocycles. The van der Waals surface area contributed by atoms with Crippen molar-refractivity contribution in [2.24, 2.45) is 0 Å². The van der Waals surface area contributed by atoms with Gasteiger partial charge in [0.2, 0.25) is 11.8 Å². The van der Waals surface area contributed by atoms with E-state index in [0.717, 1.165) is 38.8 Å². The molecule has 2 N–H and O–H groups in total.